The second-order valence-corrected chi connectivity index (χ2v) is 10.9. The van der Waals surface area contributed by atoms with Gasteiger partial charge >= 0.3 is 0 Å². The first-order valence-corrected chi connectivity index (χ1v) is 14.3. The van der Waals surface area contributed by atoms with Gasteiger partial charge < -0.3 is 15.0 Å². The van der Waals surface area contributed by atoms with Gasteiger partial charge in [0, 0.05) is 20.0 Å². The number of hydrogen-bond donors (Lipinski definition) is 1. The highest BCUT2D eigenvalue weighted by atomic mass is 32.2. The first kappa shape index (κ1) is 28.7. The number of rotatable bonds is 12. The Labute approximate surface area is 225 Å². The number of nitrogens with zero attached hydrogens (tertiary/aromatic N) is 2. The van der Waals surface area contributed by atoms with E-state index in [0.717, 1.165) is 27.3 Å². The van der Waals surface area contributed by atoms with Gasteiger partial charge in [-0.1, -0.05) is 67.6 Å². The van der Waals surface area contributed by atoms with Crippen LogP contribution in [0.4, 0.5) is 5.69 Å². The maximum absolute atomic E-state index is 14.0. The van der Waals surface area contributed by atoms with E-state index in [-0.39, 0.29) is 18.9 Å². The Kier molecular flexibility index (Phi) is 9.90. The summed E-state index contributed by atoms with van der Waals surface area (Å²) < 4.78 is 32.3. The SMILES string of the molecule is CCc1ccccc1N(CC(=O)N(Cc1cccc(OC)c1)C(Cc1ccccc1)C(=O)NC)S(C)(=O)=O. The number of sulfonamides is 1. The lowest BCUT2D eigenvalue weighted by atomic mass is 10.0. The van der Waals surface area contributed by atoms with E-state index in [0.29, 0.717) is 17.9 Å². The molecule has 3 aromatic rings. The van der Waals surface area contributed by atoms with Crippen LogP contribution >= 0.6 is 0 Å². The highest BCUT2D eigenvalue weighted by molar-refractivity contribution is 7.92. The molecule has 0 saturated carbocycles. The predicted molar refractivity (Wildman–Crippen MR) is 150 cm³/mol. The molecule has 38 heavy (non-hydrogen) atoms. The fourth-order valence-corrected chi connectivity index (χ4v) is 5.22. The zero-order valence-electron chi connectivity index (χ0n) is 22.3. The lowest BCUT2D eigenvalue weighted by molar-refractivity contribution is -0.139. The number of amides is 2. The van der Waals surface area contributed by atoms with Gasteiger partial charge in [0.25, 0.3) is 0 Å². The number of methoxy groups -OCH3 is 1. The van der Waals surface area contributed by atoms with Crippen LogP contribution in [0.25, 0.3) is 0 Å². The average Bonchev–Trinajstić information content (AvgIpc) is 2.93. The van der Waals surface area contributed by atoms with Crippen LogP contribution in [0.3, 0.4) is 0 Å². The van der Waals surface area contributed by atoms with Crippen molar-refractivity contribution in [2.45, 2.75) is 32.4 Å². The van der Waals surface area contributed by atoms with Crippen molar-refractivity contribution in [3.8, 4) is 5.75 Å². The number of benzene rings is 3. The highest BCUT2D eigenvalue weighted by Crippen LogP contribution is 2.25. The summed E-state index contributed by atoms with van der Waals surface area (Å²) in [5.74, 6) is -0.220. The molecule has 0 bridgehead atoms. The van der Waals surface area contributed by atoms with Crippen molar-refractivity contribution >= 4 is 27.5 Å². The number of carbonyl (C=O) groups is 2. The van der Waals surface area contributed by atoms with Crippen LogP contribution < -0.4 is 14.4 Å². The molecule has 8 nitrogen and oxygen atoms in total. The lowest BCUT2D eigenvalue weighted by Crippen LogP contribution is -2.53. The Bertz CT molecular complexity index is 1350. The van der Waals surface area contributed by atoms with Crippen LogP contribution in [-0.2, 0) is 39.0 Å². The van der Waals surface area contributed by atoms with Crippen LogP contribution in [0.15, 0.2) is 78.9 Å². The van der Waals surface area contributed by atoms with Crippen molar-refractivity contribution < 1.29 is 22.7 Å². The average molecular weight is 538 g/mol. The first-order chi connectivity index (χ1) is 18.2. The van der Waals surface area contributed by atoms with E-state index in [4.69, 9.17) is 4.74 Å². The number of likely N-dealkylation sites (N-methyl/N-ethyl adjacent to an activating group) is 1. The van der Waals surface area contributed by atoms with Gasteiger partial charge in [-0.05, 0) is 41.3 Å². The number of anilines is 1. The van der Waals surface area contributed by atoms with E-state index in [2.05, 4.69) is 5.32 Å². The molecule has 2 amide bonds. The summed E-state index contributed by atoms with van der Waals surface area (Å²) in [6, 6.07) is 22.9. The molecule has 1 unspecified atom stereocenters. The number of nitrogens with one attached hydrogen (secondary N) is 1. The Morgan fingerprint density at radius 2 is 1.61 bits per heavy atom. The fourth-order valence-electron chi connectivity index (χ4n) is 4.34. The van der Waals surface area contributed by atoms with Crippen LogP contribution in [0.2, 0.25) is 0 Å². The van der Waals surface area contributed by atoms with E-state index in [9.17, 15) is 18.0 Å². The molecule has 3 rings (SSSR count). The Morgan fingerprint density at radius 3 is 2.24 bits per heavy atom. The molecule has 0 spiro atoms. The maximum atomic E-state index is 14.0. The second kappa shape index (κ2) is 13.1. The van der Waals surface area contributed by atoms with Crippen molar-refractivity contribution in [3.05, 3.63) is 95.6 Å². The van der Waals surface area contributed by atoms with Crippen molar-refractivity contribution in [3.63, 3.8) is 0 Å². The van der Waals surface area contributed by atoms with Crippen molar-refractivity contribution in [1.82, 2.24) is 10.2 Å². The Balaban J connectivity index is 2.06. The van der Waals surface area contributed by atoms with Crippen molar-refractivity contribution in [2.24, 2.45) is 0 Å². The molecule has 0 aliphatic carbocycles. The summed E-state index contributed by atoms with van der Waals surface area (Å²) in [7, 11) is -0.730. The zero-order chi connectivity index (χ0) is 27.7. The minimum atomic E-state index is -3.81. The van der Waals surface area contributed by atoms with Gasteiger partial charge in [-0.2, -0.15) is 0 Å². The first-order valence-electron chi connectivity index (χ1n) is 12.4. The molecule has 0 aromatic heterocycles. The monoisotopic (exact) mass is 537 g/mol. The van der Waals surface area contributed by atoms with E-state index in [1.54, 1.807) is 31.4 Å². The molecule has 9 heteroatoms. The molecule has 202 valence electrons. The van der Waals surface area contributed by atoms with Crippen molar-refractivity contribution in [1.29, 1.82) is 0 Å². The summed E-state index contributed by atoms with van der Waals surface area (Å²) >= 11 is 0. The van der Waals surface area contributed by atoms with Gasteiger partial charge in [0.05, 0.1) is 19.1 Å². The molecule has 0 aliphatic heterocycles. The topological polar surface area (TPSA) is 96.0 Å². The molecule has 0 saturated heterocycles. The number of carbonyl (C=O) groups excluding carboxylic acids is 2. The third kappa shape index (κ3) is 7.35. The third-order valence-electron chi connectivity index (χ3n) is 6.32. The van der Waals surface area contributed by atoms with Crippen LogP contribution in [0.5, 0.6) is 5.75 Å². The van der Waals surface area contributed by atoms with E-state index >= 15 is 0 Å². The smallest absolute Gasteiger partial charge is 0.244 e. The maximum Gasteiger partial charge on any atom is 0.244 e. The molecular formula is C29H35N3O5S. The summed E-state index contributed by atoms with van der Waals surface area (Å²) in [5.41, 5.74) is 2.88. The minimum Gasteiger partial charge on any atom is -0.497 e. The summed E-state index contributed by atoms with van der Waals surface area (Å²) in [4.78, 5) is 28.6. The number of para-hydroxylation sites is 1. The molecule has 0 radical (unpaired) electrons. The summed E-state index contributed by atoms with van der Waals surface area (Å²) in [5, 5.41) is 2.67. The molecule has 1 atom stereocenters. The fraction of sp³-hybridized carbons (Fsp3) is 0.310. The summed E-state index contributed by atoms with van der Waals surface area (Å²) in [6.45, 7) is 1.58. The molecule has 0 aliphatic rings. The number of aryl methyl sites for hydroxylation is 1. The largest absolute Gasteiger partial charge is 0.497 e. The van der Waals surface area contributed by atoms with E-state index in [1.165, 1.54) is 11.9 Å². The highest BCUT2D eigenvalue weighted by Gasteiger charge is 2.33. The molecule has 0 fully saturated rings. The van der Waals surface area contributed by atoms with Gasteiger partial charge in [0.15, 0.2) is 0 Å². The van der Waals surface area contributed by atoms with Gasteiger partial charge in [-0.25, -0.2) is 8.42 Å². The van der Waals surface area contributed by atoms with Crippen LogP contribution in [-0.4, -0.2) is 58.1 Å². The lowest BCUT2D eigenvalue weighted by Gasteiger charge is -2.33. The summed E-state index contributed by atoms with van der Waals surface area (Å²) in [6.07, 6.45) is 1.94. The molecule has 3 aromatic carbocycles. The molecular weight excluding hydrogens is 502 g/mol. The van der Waals surface area contributed by atoms with E-state index in [1.807, 2.05) is 61.5 Å². The molecule has 0 heterocycles. The van der Waals surface area contributed by atoms with E-state index < -0.39 is 28.5 Å². The van der Waals surface area contributed by atoms with Gasteiger partial charge in [-0.15, -0.1) is 0 Å². The second-order valence-electron chi connectivity index (χ2n) is 8.94. The standard InChI is InChI=1S/C29H35N3O5S/c1-5-24-15-9-10-17-26(24)32(38(4,35)36)21-28(33)31(20-23-14-11-16-25(18-23)37-3)27(29(34)30-2)19-22-12-7-6-8-13-22/h6-18,27H,5,19-21H2,1-4H3,(H,30,34). The Morgan fingerprint density at radius 1 is 0.947 bits per heavy atom. The number of ether oxygens (including phenoxy) is 1. The quantitative estimate of drug-likeness (QED) is 0.382. The Hall–Kier alpha value is -3.85. The van der Waals surface area contributed by atoms with Crippen LogP contribution in [0, 0.1) is 0 Å². The predicted octanol–water partition coefficient (Wildman–Crippen LogP) is 3.41. The van der Waals surface area contributed by atoms with Crippen molar-refractivity contribution in [2.75, 3.05) is 31.3 Å². The minimum absolute atomic E-state index is 0.0913. The zero-order valence-corrected chi connectivity index (χ0v) is 23.1. The van der Waals surface area contributed by atoms with Gasteiger partial charge in [-0.3, -0.25) is 13.9 Å². The van der Waals surface area contributed by atoms with Crippen LogP contribution in [0.1, 0.15) is 23.6 Å². The van der Waals surface area contributed by atoms with Gasteiger partial charge in [0.2, 0.25) is 21.8 Å². The molecule has 1 N–H and O–H groups in total. The number of hydrogen-bond acceptors (Lipinski definition) is 5. The van der Waals surface area contributed by atoms with Gasteiger partial charge in [0.1, 0.15) is 18.3 Å². The normalized spacial score (nSPS) is 11.9. The third-order valence-corrected chi connectivity index (χ3v) is 7.45.